The molecule has 0 saturated carbocycles. The average Bonchev–Trinajstić information content (AvgIpc) is 2.66. The van der Waals surface area contributed by atoms with Crippen LogP contribution in [0.1, 0.15) is 17.5 Å². The highest BCUT2D eigenvalue weighted by Crippen LogP contribution is 2.42. The Labute approximate surface area is 109 Å². The predicted molar refractivity (Wildman–Crippen MR) is 73.0 cm³/mol. The number of rotatable bonds is 3. The van der Waals surface area contributed by atoms with Crippen LogP contribution in [0.3, 0.4) is 0 Å². The minimum atomic E-state index is -1.76. The van der Waals surface area contributed by atoms with E-state index in [0.29, 0.717) is 0 Å². The summed E-state index contributed by atoms with van der Waals surface area (Å²) in [5.41, 5.74) is 1.45. The van der Waals surface area contributed by atoms with E-state index in [2.05, 4.69) is 25.7 Å². The van der Waals surface area contributed by atoms with Gasteiger partial charge in [0.05, 0.1) is 7.11 Å². The first-order chi connectivity index (χ1) is 8.40. The van der Waals surface area contributed by atoms with E-state index in [0.717, 1.165) is 24.2 Å². The van der Waals surface area contributed by atoms with E-state index in [1.54, 1.807) is 7.11 Å². The number of benzene rings is 1. The molecule has 96 valence electrons. The van der Waals surface area contributed by atoms with Crippen molar-refractivity contribution in [1.82, 2.24) is 0 Å². The second-order valence-corrected chi connectivity index (χ2v) is 10.1. The van der Waals surface area contributed by atoms with Gasteiger partial charge in [-0.1, -0.05) is 6.07 Å². The number of nitrogens with zero attached hydrogens (tertiary/aromatic N) is 1. The van der Waals surface area contributed by atoms with Gasteiger partial charge >= 0.3 is 0 Å². The van der Waals surface area contributed by atoms with Gasteiger partial charge in [0.1, 0.15) is 11.8 Å². The van der Waals surface area contributed by atoms with E-state index in [-0.39, 0.29) is 0 Å². The third kappa shape index (κ3) is 2.29. The summed E-state index contributed by atoms with van der Waals surface area (Å²) < 4.78 is 11.4. The lowest BCUT2D eigenvalue weighted by molar-refractivity contribution is 0.121. The highest BCUT2D eigenvalue weighted by molar-refractivity contribution is 6.69. The van der Waals surface area contributed by atoms with Crippen molar-refractivity contribution in [2.75, 3.05) is 7.11 Å². The van der Waals surface area contributed by atoms with Gasteiger partial charge in [0.25, 0.3) is 0 Å². The molecule has 1 aliphatic carbocycles. The van der Waals surface area contributed by atoms with Crippen LogP contribution < -0.4 is 4.74 Å². The molecule has 1 aromatic rings. The van der Waals surface area contributed by atoms with Gasteiger partial charge < -0.3 is 9.16 Å². The molecule has 0 bridgehead atoms. The Morgan fingerprint density at radius 2 is 2.06 bits per heavy atom. The van der Waals surface area contributed by atoms with E-state index in [4.69, 9.17) is 9.16 Å². The first kappa shape index (κ1) is 13.1. The Kier molecular flexibility index (Phi) is 3.22. The molecule has 4 heteroatoms. The average molecular weight is 261 g/mol. The van der Waals surface area contributed by atoms with E-state index in [9.17, 15) is 5.26 Å². The highest BCUT2D eigenvalue weighted by atomic mass is 28.4. The minimum absolute atomic E-state index is 0.744. The van der Waals surface area contributed by atoms with Gasteiger partial charge in [0.2, 0.25) is 0 Å². The van der Waals surface area contributed by atoms with Crippen molar-refractivity contribution in [3.8, 4) is 11.8 Å². The predicted octanol–water partition coefficient (Wildman–Crippen LogP) is 3.21. The quantitative estimate of drug-likeness (QED) is 0.785. The number of nitriles is 1. The topological polar surface area (TPSA) is 42.2 Å². The fourth-order valence-corrected chi connectivity index (χ4v) is 3.81. The molecule has 0 heterocycles. The Balaban J connectivity index is 2.43. The molecule has 0 fully saturated rings. The Morgan fingerprint density at radius 1 is 1.33 bits per heavy atom. The summed E-state index contributed by atoms with van der Waals surface area (Å²) in [7, 11) is -0.100. The first-order valence-corrected chi connectivity index (χ1v) is 9.60. The molecule has 3 nitrogen and oxygen atoms in total. The van der Waals surface area contributed by atoms with Gasteiger partial charge in [-0.25, -0.2) is 0 Å². The minimum Gasteiger partial charge on any atom is -0.497 e. The number of ether oxygens (including phenoxy) is 1. The molecule has 0 N–H and O–H groups in total. The van der Waals surface area contributed by atoms with Crippen LogP contribution in [-0.2, 0) is 16.4 Å². The smallest absolute Gasteiger partial charge is 0.186 e. The number of methoxy groups -OCH3 is 1. The Morgan fingerprint density at radius 3 is 2.61 bits per heavy atom. The summed E-state index contributed by atoms with van der Waals surface area (Å²) in [6.07, 6.45) is 1.63. The molecule has 0 aromatic heterocycles. The van der Waals surface area contributed by atoms with Crippen LogP contribution in [0.5, 0.6) is 5.75 Å². The van der Waals surface area contributed by atoms with E-state index >= 15 is 0 Å². The summed E-state index contributed by atoms with van der Waals surface area (Å²) in [5.74, 6) is 0.843. The normalized spacial score (nSPS) is 22.4. The summed E-state index contributed by atoms with van der Waals surface area (Å²) in [6, 6.07) is 8.30. The first-order valence-electron chi connectivity index (χ1n) is 6.19. The molecular formula is C14H19NO2Si. The van der Waals surface area contributed by atoms with Crippen LogP contribution in [-0.4, -0.2) is 15.4 Å². The van der Waals surface area contributed by atoms with Crippen molar-refractivity contribution in [2.24, 2.45) is 0 Å². The molecule has 0 saturated heterocycles. The molecular weight excluding hydrogens is 242 g/mol. The van der Waals surface area contributed by atoms with E-state index in [1.807, 2.05) is 18.2 Å². The maximum atomic E-state index is 9.57. The van der Waals surface area contributed by atoms with Gasteiger partial charge in [0, 0.05) is 5.56 Å². The molecule has 0 spiro atoms. The van der Waals surface area contributed by atoms with Gasteiger partial charge in [-0.2, -0.15) is 5.26 Å². The molecule has 1 atom stereocenters. The zero-order chi connectivity index (χ0) is 13.4. The van der Waals surface area contributed by atoms with Crippen LogP contribution in [0.25, 0.3) is 0 Å². The van der Waals surface area contributed by atoms with Gasteiger partial charge in [-0.3, -0.25) is 0 Å². The van der Waals surface area contributed by atoms with Crippen molar-refractivity contribution >= 4 is 8.32 Å². The molecule has 1 unspecified atom stereocenters. The van der Waals surface area contributed by atoms with Crippen LogP contribution in [0.2, 0.25) is 19.6 Å². The fraction of sp³-hybridized carbons (Fsp3) is 0.500. The summed E-state index contributed by atoms with van der Waals surface area (Å²) >= 11 is 0. The number of fused-ring (bicyclic) bond motifs is 1. The third-order valence-electron chi connectivity index (χ3n) is 3.15. The second kappa shape index (κ2) is 4.41. The van der Waals surface area contributed by atoms with Gasteiger partial charge in [-0.05, 0) is 50.2 Å². The highest BCUT2D eigenvalue weighted by Gasteiger charge is 2.43. The summed E-state index contributed by atoms with van der Waals surface area (Å²) in [6.45, 7) is 6.36. The lowest BCUT2D eigenvalue weighted by Crippen LogP contribution is -2.38. The van der Waals surface area contributed by atoms with Crippen molar-refractivity contribution in [3.05, 3.63) is 29.3 Å². The van der Waals surface area contributed by atoms with Crippen molar-refractivity contribution < 1.29 is 9.16 Å². The van der Waals surface area contributed by atoms with Gasteiger partial charge in [-0.15, -0.1) is 0 Å². The number of aryl methyl sites for hydroxylation is 1. The van der Waals surface area contributed by atoms with Crippen molar-refractivity contribution in [3.63, 3.8) is 0 Å². The molecule has 0 aliphatic heterocycles. The third-order valence-corrected chi connectivity index (χ3v) is 4.12. The van der Waals surface area contributed by atoms with Gasteiger partial charge in [0.15, 0.2) is 13.9 Å². The maximum absolute atomic E-state index is 9.57. The van der Waals surface area contributed by atoms with Crippen LogP contribution >= 0.6 is 0 Å². The lowest BCUT2D eigenvalue weighted by Gasteiger charge is -2.31. The second-order valence-electron chi connectivity index (χ2n) is 5.68. The van der Waals surface area contributed by atoms with Crippen molar-refractivity contribution in [2.45, 2.75) is 38.1 Å². The summed E-state index contributed by atoms with van der Waals surface area (Å²) in [4.78, 5) is 0. The standard InChI is InChI=1S/C14H19NO2Si/c1-16-12-5-6-13-11(9-12)7-8-14(13,10-15)17-18(2,3)4/h5-6,9H,7-8H2,1-4H3. The van der Waals surface area contributed by atoms with Crippen LogP contribution in [0, 0.1) is 11.3 Å². The van der Waals surface area contributed by atoms with Crippen LogP contribution in [0.4, 0.5) is 0 Å². The zero-order valence-corrected chi connectivity index (χ0v) is 12.4. The molecule has 0 radical (unpaired) electrons. The SMILES string of the molecule is COc1ccc2c(c1)CCC2(C#N)O[Si](C)(C)C. The Bertz CT molecular complexity index is 501. The zero-order valence-electron chi connectivity index (χ0n) is 11.4. The molecule has 1 aliphatic rings. The summed E-state index contributed by atoms with van der Waals surface area (Å²) in [5, 5.41) is 9.57. The Hall–Kier alpha value is -1.31. The number of hydrogen-bond acceptors (Lipinski definition) is 3. The largest absolute Gasteiger partial charge is 0.497 e. The maximum Gasteiger partial charge on any atom is 0.186 e. The lowest BCUT2D eigenvalue weighted by atomic mass is 9.98. The van der Waals surface area contributed by atoms with Crippen molar-refractivity contribution in [1.29, 1.82) is 5.26 Å². The molecule has 0 amide bonds. The van der Waals surface area contributed by atoms with Crippen LogP contribution in [0.15, 0.2) is 18.2 Å². The molecule has 1 aromatic carbocycles. The number of hydrogen-bond donors (Lipinski definition) is 0. The van der Waals surface area contributed by atoms with E-state index in [1.165, 1.54) is 5.56 Å². The molecule has 2 rings (SSSR count). The fourth-order valence-electron chi connectivity index (χ4n) is 2.51. The monoisotopic (exact) mass is 261 g/mol. The van der Waals surface area contributed by atoms with E-state index < -0.39 is 13.9 Å². The molecule has 18 heavy (non-hydrogen) atoms.